The summed E-state index contributed by atoms with van der Waals surface area (Å²) < 4.78 is 10.0. The standard InChI is InChI=1S/C13H15NO4/c1-3-11-12(16)14(13(11)18-8-15)9-4-6-10(17-2)7-5-9/h4-8,11,13H,3H2,1-2H3/t11-,13-/m1/s1. The molecule has 1 saturated heterocycles. The molecule has 96 valence electrons. The van der Waals surface area contributed by atoms with Gasteiger partial charge in [-0.2, -0.15) is 0 Å². The number of ether oxygens (including phenoxy) is 2. The van der Waals surface area contributed by atoms with E-state index in [1.54, 1.807) is 31.4 Å². The van der Waals surface area contributed by atoms with Crippen LogP contribution in [-0.4, -0.2) is 25.7 Å². The van der Waals surface area contributed by atoms with Gasteiger partial charge in [0, 0.05) is 5.69 Å². The average molecular weight is 249 g/mol. The van der Waals surface area contributed by atoms with E-state index in [0.29, 0.717) is 24.3 Å². The number of anilines is 1. The predicted molar refractivity (Wildman–Crippen MR) is 65.2 cm³/mol. The summed E-state index contributed by atoms with van der Waals surface area (Å²) in [5.74, 6) is 0.457. The summed E-state index contributed by atoms with van der Waals surface area (Å²) in [5, 5.41) is 0. The minimum absolute atomic E-state index is 0.0190. The van der Waals surface area contributed by atoms with Crippen molar-refractivity contribution in [1.29, 1.82) is 0 Å². The SMILES string of the molecule is CC[C@@H]1C(=O)N(c2ccc(OC)cc2)[C@@H]1OC=O. The van der Waals surface area contributed by atoms with Crippen LogP contribution in [0.4, 0.5) is 5.69 Å². The molecule has 18 heavy (non-hydrogen) atoms. The van der Waals surface area contributed by atoms with Gasteiger partial charge in [-0.25, -0.2) is 0 Å². The van der Waals surface area contributed by atoms with Crippen LogP contribution in [0.1, 0.15) is 13.3 Å². The Hall–Kier alpha value is -2.04. The molecule has 0 bridgehead atoms. The Kier molecular flexibility index (Phi) is 3.50. The Morgan fingerprint density at radius 3 is 2.50 bits per heavy atom. The highest BCUT2D eigenvalue weighted by molar-refractivity contribution is 6.02. The van der Waals surface area contributed by atoms with E-state index in [4.69, 9.17) is 9.47 Å². The van der Waals surface area contributed by atoms with E-state index in [1.807, 2.05) is 6.92 Å². The molecular weight excluding hydrogens is 234 g/mol. The molecule has 1 aliphatic heterocycles. The van der Waals surface area contributed by atoms with Gasteiger partial charge in [-0.15, -0.1) is 0 Å². The Labute approximate surface area is 105 Å². The molecule has 5 nitrogen and oxygen atoms in total. The van der Waals surface area contributed by atoms with Crippen LogP contribution >= 0.6 is 0 Å². The number of benzene rings is 1. The lowest BCUT2D eigenvalue weighted by Gasteiger charge is -2.44. The van der Waals surface area contributed by atoms with Crippen molar-refractivity contribution in [2.75, 3.05) is 12.0 Å². The topological polar surface area (TPSA) is 55.8 Å². The van der Waals surface area contributed by atoms with Gasteiger partial charge in [-0.05, 0) is 30.7 Å². The molecule has 0 saturated carbocycles. The number of carbonyl (C=O) groups excluding carboxylic acids is 2. The first kappa shape index (κ1) is 12.4. The molecule has 1 aliphatic rings. The fraction of sp³-hybridized carbons (Fsp3) is 0.385. The molecule has 2 rings (SSSR count). The Bertz CT molecular complexity index is 443. The van der Waals surface area contributed by atoms with Gasteiger partial charge >= 0.3 is 0 Å². The summed E-state index contributed by atoms with van der Waals surface area (Å²) in [6.45, 7) is 2.28. The molecule has 0 aromatic heterocycles. The molecule has 1 aromatic rings. The first-order chi connectivity index (χ1) is 8.72. The number of β-lactam (4-membered cyclic amide) rings is 1. The Morgan fingerprint density at radius 2 is 2.00 bits per heavy atom. The minimum Gasteiger partial charge on any atom is -0.497 e. The second-order valence-electron chi connectivity index (χ2n) is 4.04. The van der Waals surface area contributed by atoms with Crippen LogP contribution < -0.4 is 9.64 Å². The van der Waals surface area contributed by atoms with E-state index in [-0.39, 0.29) is 11.8 Å². The highest BCUT2D eigenvalue weighted by atomic mass is 16.5. The number of hydrogen-bond acceptors (Lipinski definition) is 4. The fourth-order valence-corrected chi connectivity index (χ4v) is 2.13. The Balaban J connectivity index is 2.20. The largest absolute Gasteiger partial charge is 0.497 e. The second-order valence-corrected chi connectivity index (χ2v) is 4.04. The van der Waals surface area contributed by atoms with Crippen molar-refractivity contribution in [3.8, 4) is 5.75 Å². The van der Waals surface area contributed by atoms with Crippen molar-refractivity contribution < 1.29 is 19.1 Å². The summed E-state index contributed by atoms with van der Waals surface area (Å²) in [5.41, 5.74) is 0.706. The summed E-state index contributed by atoms with van der Waals surface area (Å²) in [6.07, 6.45) is 0.165. The number of nitrogens with zero attached hydrogens (tertiary/aromatic N) is 1. The second kappa shape index (κ2) is 5.08. The van der Waals surface area contributed by atoms with Gasteiger partial charge in [-0.3, -0.25) is 14.5 Å². The van der Waals surface area contributed by atoms with E-state index in [9.17, 15) is 9.59 Å². The van der Waals surface area contributed by atoms with Crippen molar-refractivity contribution in [3.05, 3.63) is 24.3 Å². The van der Waals surface area contributed by atoms with Gasteiger partial charge < -0.3 is 9.47 Å². The number of hydrogen-bond donors (Lipinski definition) is 0. The van der Waals surface area contributed by atoms with E-state index in [0.717, 1.165) is 0 Å². The third-order valence-corrected chi connectivity index (χ3v) is 3.14. The lowest BCUT2D eigenvalue weighted by Crippen LogP contribution is -2.62. The number of rotatable bonds is 5. The van der Waals surface area contributed by atoms with Gasteiger partial charge in [0.2, 0.25) is 5.91 Å². The van der Waals surface area contributed by atoms with Crippen LogP contribution in [0, 0.1) is 5.92 Å². The molecule has 0 N–H and O–H groups in total. The van der Waals surface area contributed by atoms with Crippen LogP contribution in [0.3, 0.4) is 0 Å². The normalized spacial score (nSPS) is 22.3. The number of carbonyl (C=O) groups is 2. The summed E-state index contributed by atoms with van der Waals surface area (Å²) in [4.78, 5) is 23.9. The van der Waals surface area contributed by atoms with Gasteiger partial charge in [0.15, 0.2) is 6.23 Å². The van der Waals surface area contributed by atoms with Gasteiger partial charge in [-0.1, -0.05) is 6.92 Å². The van der Waals surface area contributed by atoms with E-state index in [2.05, 4.69) is 0 Å². The van der Waals surface area contributed by atoms with Crippen LogP contribution in [0.25, 0.3) is 0 Å². The van der Waals surface area contributed by atoms with Crippen LogP contribution in [0.2, 0.25) is 0 Å². The zero-order chi connectivity index (χ0) is 13.1. The summed E-state index contributed by atoms with van der Waals surface area (Å²) in [6, 6.07) is 7.06. The molecule has 1 amide bonds. The molecule has 0 unspecified atom stereocenters. The van der Waals surface area contributed by atoms with Crippen LogP contribution in [0.15, 0.2) is 24.3 Å². The molecule has 2 atom stereocenters. The highest BCUT2D eigenvalue weighted by Crippen LogP contribution is 2.35. The molecule has 1 aromatic carbocycles. The molecule has 0 spiro atoms. The highest BCUT2D eigenvalue weighted by Gasteiger charge is 2.48. The van der Waals surface area contributed by atoms with Crippen molar-refractivity contribution in [3.63, 3.8) is 0 Å². The maximum absolute atomic E-state index is 11.9. The number of amides is 1. The smallest absolute Gasteiger partial charge is 0.295 e. The summed E-state index contributed by atoms with van der Waals surface area (Å²) >= 11 is 0. The molecule has 1 fully saturated rings. The third kappa shape index (κ3) is 1.92. The number of methoxy groups -OCH3 is 1. The maximum atomic E-state index is 11.9. The van der Waals surface area contributed by atoms with Crippen molar-refractivity contribution in [2.24, 2.45) is 5.92 Å². The van der Waals surface area contributed by atoms with E-state index >= 15 is 0 Å². The lowest BCUT2D eigenvalue weighted by molar-refractivity contribution is -0.152. The van der Waals surface area contributed by atoms with Gasteiger partial charge in [0.25, 0.3) is 6.47 Å². The molecule has 0 aliphatic carbocycles. The van der Waals surface area contributed by atoms with Gasteiger partial charge in [0.1, 0.15) is 5.75 Å². The minimum atomic E-state index is -0.492. The molecule has 1 heterocycles. The monoisotopic (exact) mass is 249 g/mol. The van der Waals surface area contributed by atoms with Crippen molar-refractivity contribution in [1.82, 2.24) is 0 Å². The van der Waals surface area contributed by atoms with Gasteiger partial charge in [0.05, 0.1) is 13.0 Å². The molecule has 5 heteroatoms. The Morgan fingerprint density at radius 1 is 1.33 bits per heavy atom. The van der Waals surface area contributed by atoms with Crippen LogP contribution in [-0.2, 0) is 14.3 Å². The van der Waals surface area contributed by atoms with Crippen LogP contribution in [0.5, 0.6) is 5.75 Å². The average Bonchev–Trinajstić information content (AvgIpc) is 2.40. The molecular formula is C13H15NO4. The first-order valence-electron chi connectivity index (χ1n) is 5.79. The summed E-state index contributed by atoms with van der Waals surface area (Å²) in [7, 11) is 1.58. The van der Waals surface area contributed by atoms with E-state index < -0.39 is 6.23 Å². The van der Waals surface area contributed by atoms with E-state index in [1.165, 1.54) is 4.90 Å². The fourth-order valence-electron chi connectivity index (χ4n) is 2.13. The van der Waals surface area contributed by atoms with Crippen molar-refractivity contribution in [2.45, 2.75) is 19.6 Å². The maximum Gasteiger partial charge on any atom is 0.295 e. The zero-order valence-corrected chi connectivity index (χ0v) is 10.3. The first-order valence-corrected chi connectivity index (χ1v) is 5.79. The molecule has 0 radical (unpaired) electrons. The lowest BCUT2D eigenvalue weighted by atomic mass is 9.92. The zero-order valence-electron chi connectivity index (χ0n) is 10.3. The third-order valence-electron chi connectivity index (χ3n) is 3.14. The van der Waals surface area contributed by atoms with Crippen molar-refractivity contribution >= 4 is 18.1 Å². The quantitative estimate of drug-likeness (QED) is 0.587. The predicted octanol–water partition coefficient (Wildman–Crippen LogP) is 1.57.